The van der Waals surface area contributed by atoms with Crippen molar-refractivity contribution in [3.05, 3.63) is 172 Å². The van der Waals surface area contributed by atoms with E-state index in [1.165, 1.54) is 169 Å². The quantitative estimate of drug-likeness (QED) is 0.163. The van der Waals surface area contributed by atoms with Gasteiger partial charge in [-0.15, -0.1) is 0 Å². The van der Waals surface area contributed by atoms with Gasteiger partial charge in [0.2, 0.25) is 0 Å². The molecule has 2 atom stereocenters. The van der Waals surface area contributed by atoms with Crippen molar-refractivity contribution >= 4 is 68.6 Å². The molecule has 2 unspecified atom stereocenters. The van der Waals surface area contributed by atoms with Crippen LogP contribution in [-0.4, -0.2) is 12.3 Å². The van der Waals surface area contributed by atoms with Crippen LogP contribution in [0.2, 0.25) is 0 Å². The van der Waals surface area contributed by atoms with Gasteiger partial charge in [0.1, 0.15) is 0 Å². The molecule has 7 aliphatic rings. The Bertz CT molecular complexity index is 3520. The average Bonchev–Trinajstić information content (AvgIpc) is 3.59. The van der Waals surface area contributed by atoms with Gasteiger partial charge in [0.05, 0.1) is 5.54 Å². The van der Waals surface area contributed by atoms with Crippen LogP contribution >= 0.6 is 0 Å². The molecule has 0 amide bonds. The maximum atomic E-state index is 2.79. The van der Waals surface area contributed by atoms with E-state index in [1.807, 2.05) is 0 Å². The highest BCUT2D eigenvalue weighted by Gasteiger charge is 2.58. The van der Waals surface area contributed by atoms with Gasteiger partial charge in [0, 0.05) is 50.9 Å². The van der Waals surface area contributed by atoms with Gasteiger partial charge in [0.15, 0.2) is 0 Å². The van der Waals surface area contributed by atoms with Crippen LogP contribution < -0.4 is 31.1 Å². The number of aryl methyl sites for hydroxylation is 3. The summed E-state index contributed by atoms with van der Waals surface area (Å²) in [4.78, 5) is 8.22. The van der Waals surface area contributed by atoms with Gasteiger partial charge >= 0.3 is 0 Å². The van der Waals surface area contributed by atoms with E-state index in [0.717, 1.165) is 12.8 Å². The van der Waals surface area contributed by atoms with Gasteiger partial charge in [0.25, 0.3) is 6.71 Å². The zero-order valence-electron chi connectivity index (χ0n) is 45.6. The first kappa shape index (κ1) is 45.6. The Labute approximate surface area is 437 Å². The lowest BCUT2D eigenvalue weighted by Gasteiger charge is -2.51. The Balaban J connectivity index is 1.07. The second-order valence-electron chi connectivity index (χ2n) is 27.0. The minimum atomic E-state index is -0.0477. The molecule has 14 rings (SSSR count). The molecule has 3 nitrogen and oxygen atoms in total. The fourth-order valence-corrected chi connectivity index (χ4v) is 16.1. The van der Waals surface area contributed by atoms with Crippen molar-refractivity contribution < 1.29 is 0 Å². The first-order chi connectivity index (χ1) is 34.8. The zero-order valence-corrected chi connectivity index (χ0v) is 45.6. The van der Waals surface area contributed by atoms with Gasteiger partial charge in [-0.05, 0) is 220 Å². The van der Waals surface area contributed by atoms with Crippen molar-refractivity contribution in [2.45, 2.75) is 173 Å². The summed E-state index contributed by atoms with van der Waals surface area (Å²) in [5.41, 5.74) is 29.6. The van der Waals surface area contributed by atoms with Gasteiger partial charge in [-0.2, -0.15) is 0 Å². The summed E-state index contributed by atoms with van der Waals surface area (Å²) in [6, 6.07) is 51.8. The van der Waals surface area contributed by atoms with Crippen molar-refractivity contribution in [2.75, 3.05) is 14.7 Å². The Hall–Kier alpha value is -6.00. The summed E-state index contributed by atoms with van der Waals surface area (Å²) in [7, 11) is 0. The fraction of sp³-hybridized carbons (Fsp3) is 0.391. The largest absolute Gasteiger partial charge is 0.334 e. The van der Waals surface area contributed by atoms with Gasteiger partial charge in [-0.1, -0.05) is 142 Å². The van der Waals surface area contributed by atoms with E-state index in [-0.39, 0.29) is 39.3 Å². The Morgan fingerprint density at radius 2 is 0.959 bits per heavy atom. The highest BCUT2D eigenvalue weighted by atomic mass is 15.3. The lowest BCUT2D eigenvalue weighted by Crippen LogP contribution is -2.62. The van der Waals surface area contributed by atoms with Crippen molar-refractivity contribution in [3.8, 4) is 11.1 Å². The first-order valence-electron chi connectivity index (χ1n) is 28.1. The Morgan fingerprint density at radius 3 is 1.68 bits per heavy atom. The molecular formula is C69H74BN3. The topological polar surface area (TPSA) is 9.72 Å². The summed E-state index contributed by atoms with van der Waals surface area (Å²) in [5.74, 6) is 0. The number of hydrogen-bond donors (Lipinski definition) is 0. The number of anilines is 8. The van der Waals surface area contributed by atoms with Crippen LogP contribution in [0.3, 0.4) is 0 Å². The van der Waals surface area contributed by atoms with Crippen molar-refractivity contribution in [3.63, 3.8) is 0 Å². The summed E-state index contributed by atoms with van der Waals surface area (Å²) in [6.45, 7) is 27.4. The number of rotatable bonds is 3. The predicted molar refractivity (Wildman–Crippen MR) is 311 cm³/mol. The first-order valence-corrected chi connectivity index (χ1v) is 28.1. The van der Waals surface area contributed by atoms with Crippen LogP contribution in [0.1, 0.15) is 165 Å². The molecule has 4 aliphatic carbocycles. The fourth-order valence-electron chi connectivity index (χ4n) is 16.1. The maximum Gasteiger partial charge on any atom is 0.252 e. The molecular weight excluding hydrogens is 882 g/mol. The van der Waals surface area contributed by atoms with E-state index in [4.69, 9.17) is 0 Å². The number of nitrogens with zero attached hydrogens (tertiary/aromatic N) is 3. The van der Waals surface area contributed by atoms with Crippen molar-refractivity contribution in [1.82, 2.24) is 0 Å². The standard InChI is InChI=1S/C69H74BN3/c1-43-36-61-63-62(37-43)72(47-26-28-51-53(39-47)65(4,5)33-32-64(51,2)3)60-42-55-54(66(6,7)34-35-67(55,8)9)41-57(60)70(63)56-29-27-48(73-58-21-15-14-20-52(58)68(10)30-16-17-31-69(68,73)11)40-59(56)71(61)46-25-24-45-23-22-44-18-12-13-19-49(44)50(45)38-46/h12-15,18-21,24-29,36-42H,16-17,22-23,30-35H2,1-11H3. The average molecular weight is 956 g/mol. The van der Waals surface area contributed by atoms with E-state index in [0.29, 0.717) is 0 Å². The molecule has 0 saturated heterocycles. The minimum absolute atomic E-state index is 0.0380. The minimum Gasteiger partial charge on any atom is -0.334 e. The second-order valence-corrected chi connectivity index (χ2v) is 27.0. The molecule has 0 aromatic heterocycles. The molecule has 73 heavy (non-hydrogen) atoms. The van der Waals surface area contributed by atoms with Crippen LogP contribution in [0.15, 0.2) is 127 Å². The third-order valence-corrected chi connectivity index (χ3v) is 20.9. The van der Waals surface area contributed by atoms with E-state index in [2.05, 4.69) is 218 Å². The van der Waals surface area contributed by atoms with Crippen molar-refractivity contribution in [2.24, 2.45) is 0 Å². The molecule has 0 bridgehead atoms. The lowest BCUT2D eigenvalue weighted by molar-refractivity contribution is 0.195. The highest BCUT2D eigenvalue weighted by Crippen LogP contribution is 2.61. The summed E-state index contributed by atoms with van der Waals surface area (Å²) in [6.07, 6.45) is 11.8. The molecule has 4 heteroatoms. The highest BCUT2D eigenvalue weighted by molar-refractivity contribution is 7.00. The molecule has 368 valence electrons. The third-order valence-electron chi connectivity index (χ3n) is 20.9. The molecule has 3 heterocycles. The third kappa shape index (κ3) is 6.25. The normalized spacial score (nSPS) is 23.7. The van der Waals surface area contributed by atoms with Crippen LogP contribution in [0, 0.1) is 6.92 Å². The number of hydrogen-bond acceptors (Lipinski definition) is 3. The molecule has 1 fully saturated rings. The van der Waals surface area contributed by atoms with E-state index in [1.54, 1.807) is 0 Å². The van der Waals surface area contributed by atoms with Gasteiger partial charge < -0.3 is 14.7 Å². The van der Waals surface area contributed by atoms with Gasteiger partial charge in [-0.3, -0.25) is 0 Å². The van der Waals surface area contributed by atoms with E-state index >= 15 is 0 Å². The van der Waals surface area contributed by atoms with Crippen LogP contribution in [0.25, 0.3) is 11.1 Å². The van der Waals surface area contributed by atoms with Gasteiger partial charge in [-0.25, -0.2) is 0 Å². The summed E-state index contributed by atoms with van der Waals surface area (Å²) >= 11 is 0. The molecule has 7 aromatic rings. The number of para-hydroxylation sites is 1. The molecule has 7 aromatic carbocycles. The van der Waals surface area contributed by atoms with E-state index in [9.17, 15) is 0 Å². The molecule has 3 aliphatic heterocycles. The number of benzene rings is 7. The zero-order chi connectivity index (χ0) is 50.4. The monoisotopic (exact) mass is 956 g/mol. The SMILES string of the molecule is Cc1cc2c3c(c1)N(c1ccc4c(c1)C(C)(C)CCC4(C)C)c1cc4c(cc1B3c1ccc(N3c5ccccc5C5(C)CCCCC35C)cc1N2c1ccc2c(c1)-c1ccccc1CC2)C(C)(C)CCC4(C)C. The Kier molecular flexibility index (Phi) is 9.42. The number of fused-ring (bicyclic) bond motifs is 12. The van der Waals surface area contributed by atoms with Crippen LogP contribution in [-0.2, 0) is 39.9 Å². The van der Waals surface area contributed by atoms with E-state index < -0.39 is 0 Å². The smallest absolute Gasteiger partial charge is 0.252 e. The lowest BCUT2D eigenvalue weighted by atomic mass is 9.33. The summed E-state index contributed by atoms with van der Waals surface area (Å²) < 4.78 is 0. The Morgan fingerprint density at radius 1 is 0.397 bits per heavy atom. The molecule has 0 N–H and O–H groups in total. The molecule has 0 radical (unpaired) electrons. The summed E-state index contributed by atoms with van der Waals surface area (Å²) in [5, 5.41) is 0. The molecule has 1 saturated carbocycles. The second kappa shape index (κ2) is 15.1. The van der Waals surface area contributed by atoms with Crippen LogP contribution in [0.4, 0.5) is 45.5 Å². The van der Waals surface area contributed by atoms with Crippen LogP contribution in [0.5, 0.6) is 0 Å². The predicted octanol–water partition coefficient (Wildman–Crippen LogP) is 16.3. The van der Waals surface area contributed by atoms with Crippen molar-refractivity contribution in [1.29, 1.82) is 0 Å². The maximum absolute atomic E-state index is 2.79. The molecule has 0 spiro atoms.